The van der Waals surface area contributed by atoms with Crippen LogP contribution < -0.4 is 10.6 Å². The van der Waals surface area contributed by atoms with Gasteiger partial charge in [0.2, 0.25) is 5.82 Å². The Kier molecular flexibility index (Phi) is 7.31. The van der Waals surface area contributed by atoms with E-state index in [1.165, 1.54) is 4.68 Å². The molecule has 194 valence electrons. The number of aromatic nitrogens is 6. The Labute approximate surface area is 218 Å². The Morgan fingerprint density at radius 1 is 1.11 bits per heavy atom. The summed E-state index contributed by atoms with van der Waals surface area (Å²) in [6.07, 6.45) is 2.35. The van der Waals surface area contributed by atoms with Gasteiger partial charge < -0.3 is 20.6 Å². The first-order valence-corrected chi connectivity index (χ1v) is 12.2. The normalized spacial score (nSPS) is 13.5. The van der Waals surface area contributed by atoms with Crippen LogP contribution in [-0.4, -0.2) is 65.3 Å². The molecule has 0 saturated heterocycles. The van der Waals surface area contributed by atoms with Crippen molar-refractivity contribution < 1.29 is 14.7 Å². The lowest BCUT2D eigenvalue weighted by Gasteiger charge is -2.29. The van der Waals surface area contributed by atoms with E-state index < -0.39 is 5.91 Å². The summed E-state index contributed by atoms with van der Waals surface area (Å²) in [7, 11) is 0. The highest BCUT2D eigenvalue weighted by atomic mass is 16.3. The van der Waals surface area contributed by atoms with Crippen molar-refractivity contribution in [1.82, 2.24) is 40.4 Å². The number of tetrazole rings is 1. The predicted molar refractivity (Wildman–Crippen MR) is 138 cm³/mol. The average Bonchev–Trinajstić information content (AvgIpc) is 3.46. The van der Waals surface area contributed by atoms with Crippen molar-refractivity contribution in [3.63, 3.8) is 0 Å². The summed E-state index contributed by atoms with van der Waals surface area (Å²) in [6, 6.07) is 16.1. The zero-order valence-corrected chi connectivity index (χ0v) is 20.8. The van der Waals surface area contributed by atoms with Gasteiger partial charge in [0.25, 0.3) is 5.91 Å². The third kappa shape index (κ3) is 5.49. The fraction of sp³-hybridized carbons (Fsp3) is 0.269. The molecule has 12 nitrogen and oxygen atoms in total. The molecule has 1 aromatic carbocycles. The maximum Gasteiger partial charge on any atom is 0.317 e. The number of nitrogens with one attached hydrogen (secondary N) is 2. The van der Waals surface area contributed by atoms with Crippen LogP contribution in [0.5, 0.6) is 0 Å². The van der Waals surface area contributed by atoms with Gasteiger partial charge in [-0.1, -0.05) is 36.4 Å². The first kappa shape index (κ1) is 25.0. The van der Waals surface area contributed by atoms with E-state index in [2.05, 4.69) is 36.1 Å². The molecule has 38 heavy (non-hydrogen) atoms. The lowest BCUT2D eigenvalue weighted by Crippen LogP contribution is -2.42. The summed E-state index contributed by atoms with van der Waals surface area (Å²) >= 11 is 0. The van der Waals surface area contributed by atoms with Crippen LogP contribution in [0.3, 0.4) is 0 Å². The Hall–Kier alpha value is -4.71. The molecule has 0 radical (unpaired) electrons. The number of fused-ring (bicyclic) bond motifs is 1. The number of aliphatic hydroxyl groups excluding tert-OH is 1. The van der Waals surface area contributed by atoms with Crippen molar-refractivity contribution in [2.24, 2.45) is 0 Å². The van der Waals surface area contributed by atoms with Crippen LogP contribution in [0.15, 0.2) is 60.8 Å². The van der Waals surface area contributed by atoms with Crippen LogP contribution in [-0.2, 0) is 19.5 Å². The Morgan fingerprint density at radius 3 is 2.76 bits per heavy atom. The minimum atomic E-state index is -0.425. The molecule has 0 unspecified atom stereocenters. The van der Waals surface area contributed by atoms with Crippen molar-refractivity contribution >= 4 is 17.8 Å². The molecule has 12 heteroatoms. The largest absolute Gasteiger partial charge is 0.394 e. The van der Waals surface area contributed by atoms with Gasteiger partial charge in [-0.15, -0.1) is 5.10 Å². The summed E-state index contributed by atoms with van der Waals surface area (Å²) in [4.78, 5) is 36.3. The maximum absolute atomic E-state index is 13.0. The molecule has 3 amide bonds. The van der Waals surface area contributed by atoms with Gasteiger partial charge in [0, 0.05) is 25.8 Å². The molecule has 0 fully saturated rings. The van der Waals surface area contributed by atoms with Gasteiger partial charge in [-0.2, -0.15) is 0 Å². The number of carbonyl (C=O) groups excluding carboxylic acids is 2. The van der Waals surface area contributed by atoms with Crippen molar-refractivity contribution in [1.29, 1.82) is 0 Å². The lowest BCUT2D eigenvalue weighted by atomic mass is 10.0. The highest BCUT2D eigenvalue weighted by Gasteiger charge is 2.23. The summed E-state index contributed by atoms with van der Waals surface area (Å²) < 4.78 is 1.47. The summed E-state index contributed by atoms with van der Waals surface area (Å²) in [5.41, 5.74) is 3.59. The molecule has 1 aliphatic heterocycles. The zero-order chi connectivity index (χ0) is 26.5. The number of pyridine rings is 2. The number of aliphatic hydroxyl groups is 1. The number of carbonyl (C=O) groups is 2. The minimum Gasteiger partial charge on any atom is -0.394 e. The smallest absolute Gasteiger partial charge is 0.317 e. The molecular weight excluding hydrogens is 486 g/mol. The van der Waals surface area contributed by atoms with Crippen molar-refractivity contribution in [2.45, 2.75) is 32.5 Å². The minimum absolute atomic E-state index is 0.134. The number of nitrogens with zero attached hydrogens (tertiary/aromatic N) is 7. The van der Waals surface area contributed by atoms with Crippen LogP contribution in [0.2, 0.25) is 0 Å². The topological polar surface area (TPSA) is 151 Å². The number of benzene rings is 1. The molecule has 4 heterocycles. The second kappa shape index (κ2) is 11.1. The van der Waals surface area contributed by atoms with Gasteiger partial charge in [-0.05, 0) is 58.7 Å². The zero-order valence-electron chi connectivity index (χ0n) is 20.8. The van der Waals surface area contributed by atoms with Crippen LogP contribution >= 0.6 is 0 Å². The van der Waals surface area contributed by atoms with Gasteiger partial charge in [0.15, 0.2) is 0 Å². The van der Waals surface area contributed by atoms with E-state index in [0.29, 0.717) is 43.4 Å². The SMILES string of the molecule is C[C@H](CO)n1nnnc1-c1cccc(NC(=O)c2cc3c(cn2)CCN(C(=O)NCc2ccccc2)C3)n1. The first-order chi connectivity index (χ1) is 18.5. The number of urea groups is 1. The van der Waals surface area contributed by atoms with Gasteiger partial charge in [-0.25, -0.2) is 14.5 Å². The van der Waals surface area contributed by atoms with E-state index in [-0.39, 0.29) is 24.4 Å². The quantitative estimate of drug-likeness (QED) is 0.340. The Morgan fingerprint density at radius 2 is 1.95 bits per heavy atom. The molecule has 5 rings (SSSR count). The van der Waals surface area contributed by atoms with Crippen LogP contribution in [0.1, 0.15) is 40.1 Å². The molecule has 1 atom stereocenters. The van der Waals surface area contributed by atoms with E-state index in [4.69, 9.17) is 0 Å². The third-order valence-corrected chi connectivity index (χ3v) is 6.30. The summed E-state index contributed by atoms with van der Waals surface area (Å²) in [5, 5.41) is 26.8. The van der Waals surface area contributed by atoms with E-state index >= 15 is 0 Å². The molecule has 0 spiro atoms. The number of hydrogen-bond donors (Lipinski definition) is 3. The van der Waals surface area contributed by atoms with Crippen molar-refractivity contribution in [3.8, 4) is 11.5 Å². The molecule has 4 aromatic rings. The van der Waals surface area contributed by atoms with Crippen LogP contribution in [0.4, 0.5) is 10.6 Å². The molecule has 3 aromatic heterocycles. The maximum atomic E-state index is 13.0. The van der Waals surface area contributed by atoms with Gasteiger partial charge in [0.05, 0.1) is 12.6 Å². The van der Waals surface area contributed by atoms with E-state index in [1.807, 2.05) is 30.3 Å². The van der Waals surface area contributed by atoms with E-state index in [9.17, 15) is 14.7 Å². The van der Waals surface area contributed by atoms with E-state index in [0.717, 1.165) is 16.7 Å². The highest BCUT2D eigenvalue weighted by Crippen LogP contribution is 2.21. The standard InChI is InChI=1S/C26H27N9O3/c1-17(16-36)35-24(31-32-33-35)21-8-5-9-23(29-21)30-25(37)22-12-20-15-34(11-10-19(20)14-27-22)26(38)28-13-18-6-3-2-4-7-18/h2-9,12,14,17,36H,10-11,13,15-16H2,1H3,(H,28,38)(H,29,30,37)/t17-/m1/s1. The molecule has 0 aliphatic carbocycles. The molecule has 3 N–H and O–H groups in total. The highest BCUT2D eigenvalue weighted by molar-refractivity contribution is 6.02. The fourth-order valence-corrected chi connectivity index (χ4v) is 4.17. The predicted octanol–water partition coefficient (Wildman–Crippen LogP) is 2.20. The number of rotatable bonds is 7. The van der Waals surface area contributed by atoms with Gasteiger partial charge in [0.1, 0.15) is 17.2 Å². The first-order valence-electron chi connectivity index (χ1n) is 12.2. The Bertz CT molecular complexity index is 1440. The lowest BCUT2D eigenvalue weighted by molar-refractivity contribution is 0.102. The van der Waals surface area contributed by atoms with Crippen LogP contribution in [0.25, 0.3) is 11.5 Å². The molecule has 1 aliphatic rings. The summed E-state index contributed by atoms with van der Waals surface area (Å²) in [6.45, 7) is 3.06. The number of anilines is 1. The van der Waals surface area contributed by atoms with E-state index in [1.54, 1.807) is 42.3 Å². The fourth-order valence-electron chi connectivity index (χ4n) is 4.17. The summed E-state index contributed by atoms with van der Waals surface area (Å²) in [5.74, 6) is 0.256. The molecule has 0 bridgehead atoms. The molecule has 0 saturated carbocycles. The molecular formula is C26H27N9O3. The third-order valence-electron chi connectivity index (χ3n) is 6.30. The van der Waals surface area contributed by atoms with Gasteiger partial charge in [-0.3, -0.25) is 9.78 Å². The second-order valence-corrected chi connectivity index (χ2v) is 8.99. The number of amides is 3. The second-order valence-electron chi connectivity index (χ2n) is 8.99. The van der Waals surface area contributed by atoms with Crippen LogP contribution in [0, 0.1) is 0 Å². The average molecular weight is 514 g/mol. The Balaban J connectivity index is 1.26. The number of hydrogen-bond acceptors (Lipinski definition) is 8. The monoisotopic (exact) mass is 513 g/mol. The van der Waals surface area contributed by atoms with Gasteiger partial charge >= 0.3 is 6.03 Å². The van der Waals surface area contributed by atoms with Crippen molar-refractivity contribution in [2.75, 3.05) is 18.5 Å². The van der Waals surface area contributed by atoms with Crippen molar-refractivity contribution in [3.05, 3.63) is 83.2 Å².